The molecule has 0 bridgehead atoms. The van der Waals surface area contributed by atoms with Gasteiger partial charge in [-0.05, 0) is 18.6 Å². The summed E-state index contributed by atoms with van der Waals surface area (Å²) in [5.74, 6) is -0.327. The molecule has 1 fully saturated rings. The molecule has 0 spiro atoms. The molecule has 0 saturated carbocycles. The van der Waals surface area contributed by atoms with Gasteiger partial charge >= 0.3 is 12.1 Å². The van der Waals surface area contributed by atoms with Gasteiger partial charge in [-0.15, -0.1) is 5.10 Å². The number of fused-ring (bicyclic) bond motifs is 1. The molecule has 1 aliphatic rings. The fourth-order valence-electron chi connectivity index (χ4n) is 2.71. The predicted octanol–water partition coefficient (Wildman–Crippen LogP) is 2.44. The van der Waals surface area contributed by atoms with E-state index in [1.807, 2.05) is 0 Å². The third-order valence-corrected chi connectivity index (χ3v) is 3.99. The van der Waals surface area contributed by atoms with Crippen LogP contribution in [0.4, 0.5) is 19.1 Å². The molecule has 2 aromatic heterocycles. The molecule has 1 aliphatic heterocycles. The summed E-state index contributed by atoms with van der Waals surface area (Å²) < 4.78 is 50.5. The van der Waals surface area contributed by atoms with Gasteiger partial charge in [0.15, 0.2) is 0 Å². The van der Waals surface area contributed by atoms with E-state index in [4.69, 9.17) is 9.47 Å². The first-order chi connectivity index (χ1) is 12.3. The predicted molar refractivity (Wildman–Crippen MR) is 86.5 cm³/mol. The Morgan fingerprint density at radius 2 is 2.23 bits per heavy atom. The summed E-state index contributed by atoms with van der Waals surface area (Å²) in [6.45, 7) is 5.08. The second kappa shape index (κ2) is 6.94. The zero-order chi connectivity index (χ0) is 18.9. The Labute approximate surface area is 146 Å². The highest BCUT2D eigenvalue weighted by atomic mass is 19.4. The van der Waals surface area contributed by atoms with E-state index in [1.54, 1.807) is 0 Å². The quantitative estimate of drug-likeness (QED) is 0.833. The maximum absolute atomic E-state index is 13.0. The van der Waals surface area contributed by atoms with Gasteiger partial charge in [0.1, 0.15) is 6.10 Å². The molecule has 1 saturated heterocycles. The zero-order valence-corrected chi connectivity index (χ0v) is 13.9. The highest BCUT2D eigenvalue weighted by molar-refractivity contribution is 5.69. The number of ether oxygens (including phenoxy) is 2. The van der Waals surface area contributed by atoms with Gasteiger partial charge in [0.05, 0.1) is 35.6 Å². The largest absolute Gasteiger partial charge is 0.458 e. The minimum atomic E-state index is -4.56. The minimum Gasteiger partial charge on any atom is -0.458 e. The van der Waals surface area contributed by atoms with Gasteiger partial charge in [-0.25, -0.2) is 9.50 Å². The summed E-state index contributed by atoms with van der Waals surface area (Å²) in [6, 6.07) is 2.46. The summed E-state index contributed by atoms with van der Waals surface area (Å²) in [7, 11) is 0. The number of esters is 1. The number of alkyl halides is 3. The van der Waals surface area contributed by atoms with Crippen molar-refractivity contribution in [3.63, 3.8) is 0 Å². The third-order valence-electron chi connectivity index (χ3n) is 3.99. The Morgan fingerprint density at radius 1 is 1.46 bits per heavy atom. The van der Waals surface area contributed by atoms with Gasteiger partial charge in [-0.3, -0.25) is 4.79 Å². The zero-order valence-electron chi connectivity index (χ0n) is 13.9. The first-order valence-corrected chi connectivity index (χ1v) is 7.88. The molecule has 3 heterocycles. The number of nitrogens with zero attached hydrogens (tertiary/aromatic N) is 3. The highest BCUT2D eigenvalue weighted by Gasteiger charge is 2.35. The molecule has 3 rings (SSSR count). The van der Waals surface area contributed by atoms with Crippen LogP contribution >= 0.6 is 0 Å². The maximum Gasteiger partial charge on any atom is 0.417 e. The van der Waals surface area contributed by atoms with Gasteiger partial charge in [0, 0.05) is 13.5 Å². The molecule has 1 N–H and O–H groups in total. The number of aromatic nitrogens is 3. The molecular formula is C16H17F3N4O3. The standard InChI is InChI=1S/C16H17F3N4O3/c1-9(16(17,18)19)13-4-3-11-7-20-15(22-23(11)13)21-12-5-6-25-8-14(12)26-10(2)24/h3-4,7,12,14H,1,5-6,8H2,2H3,(H,21,22). The van der Waals surface area contributed by atoms with Gasteiger partial charge in [-0.2, -0.15) is 13.2 Å². The molecule has 0 radical (unpaired) electrons. The normalized spacial score (nSPS) is 20.8. The van der Waals surface area contributed by atoms with Crippen molar-refractivity contribution in [2.24, 2.45) is 0 Å². The first kappa shape index (κ1) is 18.2. The van der Waals surface area contributed by atoms with Crippen LogP contribution in [0.25, 0.3) is 11.1 Å². The van der Waals surface area contributed by atoms with E-state index in [1.165, 1.54) is 25.3 Å². The Kier molecular flexibility index (Phi) is 4.86. The van der Waals surface area contributed by atoms with Crippen LogP contribution in [0.1, 0.15) is 19.0 Å². The monoisotopic (exact) mass is 370 g/mol. The number of carbonyl (C=O) groups is 1. The average Bonchev–Trinajstić information content (AvgIpc) is 2.97. The van der Waals surface area contributed by atoms with Gasteiger partial charge in [0.25, 0.3) is 0 Å². The van der Waals surface area contributed by atoms with Crippen LogP contribution in [0, 0.1) is 0 Å². The third kappa shape index (κ3) is 3.79. The molecule has 2 aromatic rings. The lowest BCUT2D eigenvalue weighted by Gasteiger charge is -2.31. The number of halogens is 3. The maximum atomic E-state index is 13.0. The van der Waals surface area contributed by atoms with Gasteiger partial charge < -0.3 is 14.8 Å². The van der Waals surface area contributed by atoms with Crippen LogP contribution in [-0.4, -0.2) is 52.1 Å². The van der Waals surface area contributed by atoms with Crippen LogP contribution in [-0.2, 0) is 14.3 Å². The second-order valence-corrected chi connectivity index (χ2v) is 5.88. The Bertz CT molecular complexity index is 834. The summed E-state index contributed by atoms with van der Waals surface area (Å²) >= 11 is 0. The number of rotatable bonds is 4. The molecule has 10 heteroatoms. The molecule has 0 aromatic carbocycles. The molecule has 2 unspecified atom stereocenters. The van der Waals surface area contributed by atoms with E-state index in [0.717, 1.165) is 4.52 Å². The van der Waals surface area contributed by atoms with Crippen molar-refractivity contribution in [1.82, 2.24) is 14.6 Å². The molecule has 26 heavy (non-hydrogen) atoms. The summed E-state index contributed by atoms with van der Waals surface area (Å²) in [6.07, 6.45) is -3.15. The van der Waals surface area contributed by atoms with Crippen molar-refractivity contribution < 1.29 is 27.4 Å². The van der Waals surface area contributed by atoms with E-state index in [-0.39, 0.29) is 24.3 Å². The van der Waals surface area contributed by atoms with Crippen molar-refractivity contribution in [2.45, 2.75) is 31.7 Å². The smallest absolute Gasteiger partial charge is 0.417 e. The van der Waals surface area contributed by atoms with Crippen molar-refractivity contribution in [2.75, 3.05) is 18.5 Å². The number of hydrogen-bond donors (Lipinski definition) is 1. The SMILES string of the molecule is C=C(c1ccc2cnc(NC3CCOCC3OC(C)=O)nn12)C(F)(F)F. The fourth-order valence-corrected chi connectivity index (χ4v) is 2.71. The molecule has 0 aliphatic carbocycles. The Balaban J connectivity index is 1.86. The summed E-state index contributed by atoms with van der Waals surface area (Å²) in [5, 5.41) is 7.14. The van der Waals surface area contributed by atoms with Crippen molar-refractivity contribution in [3.05, 3.63) is 30.6 Å². The topological polar surface area (TPSA) is 77.8 Å². The number of allylic oxidation sites excluding steroid dienone is 1. The number of nitrogens with one attached hydrogen (secondary N) is 1. The lowest BCUT2D eigenvalue weighted by Crippen LogP contribution is -2.44. The van der Waals surface area contributed by atoms with Crippen molar-refractivity contribution >= 4 is 23.0 Å². The highest BCUT2D eigenvalue weighted by Crippen LogP contribution is 2.32. The molecular weight excluding hydrogens is 353 g/mol. The lowest BCUT2D eigenvalue weighted by atomic mass is 10.1. The first-order valence-electron chi connectivity index (χ1n) is 7.88. The van der Waals surface area contributed by atoms with E-state index in [0.29, 0.717) is 18.5 Å². The summed E-state index contributed by atoms with van der Waals surface area (Å²) in [4.78, 5) is 15.3. The van der Waals surface area contributed by atoms with Crippen LogP contribution < -0.4 is 5.32 Å². The molecule has 2 atom stereocenters. The van der Waals surface area contributed by atoms with E-state index in [9.17, 15) is 18.0 Å². The number of hydrogen-bond acceptors (Lipinski definition) is 6. The van der Waals surface area contributed by atoms with Crippen LogP contribution in [0.2, 0.25) is 0 Å². The fraction of sp³-hybridized carbons (Fsp3) is 0.438. The van der Waals surface area contributed by atoms with E-state index in [2.05, 4.69) is 22.0 Å². The lowest BCUT2D eigenvalue weighted by molar-refractivity contribution is -0.153. The minimum absolute atomic E-state index is 0.119. The van der Waals surface area contributed by atoms with Gasteiger partial charge in [-0.1, -0.05) is 6.58 Å². The van der Waals surface area contributed by atoms with Crippen LogP contribution in [0.15, 0.2) is 24.9 Å². The van der Waals surface area contributed by atoms with E-state index < -0.39 is 23.8 Å². The van der Waals surface area contributed by atoms with E-state index >= 15 is 0 Å². The Hall–Kier alpha value is -2.62. The van der Waals surface area contributed by atoms with Crippen LogP contribution in [0.3, 0.4) is 0 Å². The van der Waals surface area contributed by atoms with Gasteiger partial charge in [0.2, 0.25) is 5.95 Å². The van der Waals surface area contributed by atoms with Crippen LogP contribution in [0.5, 0.6) is 0 Å². The Morgan fingerprint density at radius 3 is 2.92 bits per heavy atom. The summed E-state index contributed by atoms with van der Waals surface area (Å²) in [5.41, 5.74) is -0.757. The number of carbonyl (C=O) groups excluding carboxylic acids is 1. The second-order valence-electron chi connectivity index (χ2n) is 5.88. The molecule has 7 nitrogen and oxygen atoms in total. The molecule has 0 amide bonds. The number of anilines is 1. The molecule has 140 valence electrons. The van der Waals surface area contributed by atoms with Crippen molar-refractivity contribution in [1.29, 1.82) is 0 Å². The average molecular weight is 370 g/mol. The van der Waals surface area contributed by atoms with Crippen molar-refractivity contribution in [3.8, 4) is 0 Å².